The smallest absolute Gasteiger partial charge is 0.236 e. The molecule has 50 heavy (non-hydrogen) atoms. The third-order valence-electron chi connectivity index (χ3n) is 12.1. The van der Waals surface area contributed by atoms with E-state index >= 15 is 0 Å². The minimum atomic E-state index is -0.723. The first-order chi connectivity index (χ1) is 24.5. The number of carbonyl (C=O) groups excluding carboxylic acids is 4. The van der Waals surface area contributed by atoms with Crippen LogP contribution < -0.4 is 18.9 Å². The fourth-order valence-electron chi connectivity index (χ4n) is 10.1. The first-order valence-electron chi connectivity index (χ1n) is 16.7. The molecule has 0 radical (unpaired) electrons. The maximum Gasteiger partial charge on any atom is 0.236 e. The summed E-state index contributed by atoms with van der Waals surface area (Å²) in [5.41, 5.74) is 2.80. The third-order valence-corrected chi connectivity index (χ3v) is 12.1. The van der Waals surface area contributed by atoms with E-state index in [1.54, 1.807) is 12.1 Å². The van der Waals surface area contributed by atoms with Crippen LogP contribution in [-0.2, 0) is 38.3 Å². The van der Waals surface area contributed by atoms with Crippen molar-refractivity contribution in [3.63, 3.8) is 0 Å². The highest BCUT2D eigenvalue weighted by molar-refractivity contribution is 6.11. The largest absolute Gasteiger partial charge is 0.454 e. The summed E-state index contributed by atoms with van der Waals surface area (Å²) in [5.74, 6) is -2.63. The van der Waals surface area contributed by atoms with Crippen LogP contribution in [0.2, 0.25) is 0 Å². The van der Waals surface area contributed by atoms with Crippen molar-refractivity contribution in [2.45, 2.75) is 36.6 Å². The monoisotopic (exact) mass is 682 g/mol. The average Bonchev–Trinajstić information content (AvgIpc) is 3.97. The number of rotatable bonds is 5. The van der Waals surface area contributed by atoms with Gasteiger partial charge < -0.3 is 38.1 Å². The number of carbonyl (C=O) groups is 4. The molecule has 0 N–H and O–H groups in total. The molecule has 0 aliphatic carbocycles. The Labute approximate surface area is 281 Å². The van der Waals surface area contributed by atoms with Crippen molar-refractivity contribution in [2.75, 3.05) is 26.7 Å². The quantitative estimate of drug-likeness (QED) is 0.389. The highest BCUT2D eigenvalue weighted by Crippen LogP contribution is 2.57. The Bertz CT molecular complexity index is 1910. The van der Waals surface area contributed by atoms with Gasteiger partial charge in [0.1, 0.15) is 12.2 Å². The number of oxime groups is 2. The van der Waals surface area contributed by atoms with E-state index in [4.69, 9.17) is 38.1 Å². The van der Waals surface area contributed by atoms with Crippen LogP contribution in [0.5, 0.6) is 23.0 Å². The molecule has 4 amide bonds. The van der Waals surface area contributed by atoms with Gasteiger partial charge in [-0.3, -0.25) is 29.0 Å². The van der Waals surface area contributed by atoms with E-state index in [0.29, 0.717) is 34.4 Å². The first-order valence-corrected chi connectivity index (χ1v) is 16.7. The molecule has 6 saturated heterocycles. The number of amides is 4. The molecule has 254 valence electrons. The fraction of sp³-hybridized carbons (Fsp3) is 0.471. The van der Waals surface area contributed by atoms with E-state index in [9.17, 15) is 19.2 Å². The molecule has 16 nitrogen and oxygen atoms in total. The lowest BCUT2D eigenvalue weighted by Crippen LogP contribution is -2.45. The Morgan fingerprint density at radius 2 is 0.900 bits per heavy atom. The number of hydrogen-bond donors (Lipinski definition) is 0. The van der Waals surface area contributed by atoms with E-state index in [1.165, 1.54) is 9.80 Å². The van der Waals surface area contributed by atoms with Gasteiger partial charge in [0.15, 0.2) is 35.2 Å². The summed E-state index contributed by atoms with van der Waals surface area (Å²) in [4.78, 5) is 69.3. The second-order valence-electron chi connectivity index (χ2n) is 14.2. The SMILES string of the molecule is O=C1C2C3OC(C4C(c5ccc6c(c5)OCO6)=NOC34)C2C(=O)N1CCN1C(=O)C2C3OC(C4C(c5ccc6c(c5)OCO6)=NOC34)C2C1=O. The standard InChI is InChI=1S/C34H26N4O12/c39-31-17-19(27-29-21(25(17)47-27)23(35-49-29)11-1-3-13-15(7-11)45-9-43-13)33(41)37(31)5-6-38-32(40)18-20(34(38)42)28-30-22(26(18)48-28)24(36-50-30)12-2-4-14-16(8-12)46-10-44-14/h1-4,7-8,17-22,25-30H,5-6,9-10H2. The van der Waals surface area contributed by atoms with Crippen LogP contribution in [0.25, 0.3) is 0 Å². The van der Waals surface area contributed by atoms with Crippen molar-refractivity contribution >= 4 is 35.1 Å². The van der Waals surface area contributed by atoms with Gasteiger partial charge in [0.2, 0.25) is 37.2 Å². The van der Waals surface area contributed by atoms with Crippen LogP contribution in [0.15, 0.2) is 46.7 Å². The zero-order valence-electron chi connectivity index (χ0n) is 25.9. The number of fused-ring (bicyclic) bond motifs is 18. The van der Waals surface area contributed by atoms with Crippen LogP contribution in [0.1, 0.15) is 11.1 Å². The molecule has 10 aliphatic heterocycles. The molecule has 12 unspecified atom stereocenters. The summed E-state index contributed by atoms with van der Waals surface area (Å²) < 4.78 is 34.4. The predicted octanol–water partition coefficient (Wildman–Crippen LogP) is 0.0468. The number of benzene rings is 2. The van der Waals surface area contributed by atoms with Crippen LogP contribution >= 0.6 is 0 Å². The molecule has 0 aromatic heterocycles. The zero-order chi connectivity index (χ0) is 33.2. The highest BCUT2D eigenvalue weighted by atomic mass is 16.7. The molecular formula is C34H26N4O12. The molecule has 2 aromatic rings. The Hall–Kier alpha value is -5.22. The molecule has 12 rings (SSSR count). The Morgan fingerprint density at radius 3 is 1.34 bits per heavy atom. The van der Waals surface area contributed by atoms with E-state index in [0.717, 1.165) is 11.1 Å². The molecule has 16 heteroatoms. The maximum atomic E-state index is 13.9. The third kappa shape index (κ3) is 3.24. The van der Waals surface area contributed by atoms with Gasteiger partial charge in [-0.05, 0) is 36.4 Å². The average molecular weight is 683 g/mol. The van der Waals surface area contributed by atoms with Gasteiger partial charge >= 0.3 is 0 Å². The van der Waals surface area contributed by atoms with Crippen molar-refractivity contribution in [2.24, 2.45) is 45.8 Å². The maximum absolute atomic E-state index is 13.9. The second-order valence-corrected chi connectivity index (χ2v) is 14.2. The number of hydrogen-bond acceptors (Lipinski definition) is 14. The number of imide groups is 2. The van der Waals surface area contributed by atoms with E-state index < -0.39 is 60.3 Å². The fourth-order valence-corrected chi connectivity index (χ4v) is 10.1. The van der Waals surface area contributed by atoms with Gasteiger partial charge in [-0.15, -0.1) is 0 Å². The van der Waals surface area contributed by atoms with Crippen LogP contribution in [0, 0.1) is 35.5 Å². The van der Waals surface area contributed by atoms with Crippen molar-refractivity contribution < 1.29 is 57.3 Å². The predicted molar refractivity (Wildman–Crippen MR) is 160 cm³/mol. The lowest BCUT2D eigenvalue weighted by atomic mass is 9.71. The summed E-state index contributed by atoms with van der Waals surface area (Å²) in [5, 5.41) is 8.69. The summed E-state index contributed by atoms with van der Waals surface area (Å²) >= 11 is 0. The second kappa shape index (κ2) is 9.31. The normalized spacial score (nSPS) is 39.9. The van der Waals surface area contributed by atoms with Crippen molar-refractivity contribution in [1.82, 2.24) is 9.80 Å². The topological polar surface area (TPSA) is 173 Å². The Balaban J connectivity index is 0.759. The zero-order valence-corrected chi connectivity index (χ0v) is 25.9. The van der Waals surface area contributed by atoms with Gasteiger partial charge in [-0.2, -0.15) is 0 Å². The van der Waals surface area contributed by atoms with E-state index in [2.05, 4.69) is 10.3 Å². The van der Waals surface area contributed by atoms with Gasteiger partial charge in [0.25, 0.3) is 0 Å². The molecule has 2 aromatic carbocycles. The molecule has 4 bridgehead atoms. The van der Waals surface area contributed by atoms with Crippen molar-refractivity contribution in [3.05, 3.63) is 47.5 Å². The lowest BCUT2D eigenvalue weighted by Gasteiger charge is -2.26. The number of likely N-dealkylation sites (tertiary alicyclic amines) is 2. The molecule has 0 saturated carbocycles. The van der Waals surface area contributed by atoms with Gasteiger partial charge in [-0.25, -0.2) is 0 Å². The lowest BCUT2D eigenvalue weighted by molar-refractivity contribution is -0.148. The van der Waals surface area contributed by atoms with Crippen LogP contribution in [0.4, 0.5) is 0 Å². The minimum Gasteiger partial charge on any atom is -0.454 e. The Kier molecular flexibility index (Phi) is 5.14. The summed E-state index contributed by atoms with van der Waals surface area (Å²) in [6, 6.07) is 11.0. The summed E-state index contributed by atoms with van der Waals surface area (Å²) in [6.45, 7) is 0.0555. The van der Waals surface area contributed by atoms with Crippen LogP contribution in [0.3, 0.4) is 0 Å². The van der Waals surface area contributed by atoms with E-state index in [1.807, 2.05) is 24.3 Å². The molecular weight excluding hydrogens is 656 g/mol. The number of ether oxygens (including phenoxy) is 6. The van der Waals surface area contributed by atoms with Crippen molar-refractivity contribution in [1.29, 1.82) is 0 Å². The van der Waals surface area contributed by atoms with Gasteiger partial charge in [-0.1, -0.05) is 10.3 Å². The summed E-state index contributed by atoms with van der Waals surface area (Å²) in [7, 11) is 0. The van der Waals surface area contributed by atoms with Gasteiger partial charge in [0.05, 0.1) is 59.1 Å². The molecule has 12 atom stereocenters. The Morgan fingerprint density at radius 1 is 0.500 bits per heavy atom. The first kappa shape index (κ1) is 27.6. The van der Waals surface area contributed by atoms with Crippen molar-refractivity contribution in [3.8, 4) is 23.0 Å². The van der Waals surface area contributed by atoms with Crippen LogP contribution in [-0.4, -0.2) is 108 Å². The number of nitrogens with zero attached hydrogens (tertiary/aromatic N) is 4. The molecule has 6 fully saturated rings. The van der Waals surface area contributed by atoms with E-state index in [-0.39, 0.29) is 62.1 Å². The molecule has 10 aliphatic rings. The minimum absolute atomic E-state index is 0.107. The highest BCUT2D eigenvalue weighted by Gasteiger charge is 2.74. The van der Waals surface area contributed by atoms with Gasteiger partial charge in [0, 0.05) is 24.2 Å². The molecule has 10 heterocycles. The molecule has 0 spiro atoms. The summed E-state index contributed by atoms with van der Waals surface area (Å²) in [6.07, 6.45) is -3.52.